The lowest BCUT2D eigenvalue weighted by atomic mass is 10.00. The van der Waals surface area contributed by atoms with Gasteiger partial charge < -0.3 is 10.6 Å². The number of para-hydroxylation sites is 1. The van der Waals surface area contributed by atoms with Crippen molar-refractivity contribution >= 4 is 39.9 Å². The van der Waals surface area contributed by atoms with Gasteiger partial charge in [-0.05, 0) is 35.4 Å². The van der Waals surface area contributed by atoms with Crippen LogP contribution in [0.5, 0.6) is 0 Å². The summed E-state index contributed by atoms with van der Waals surface area (Å²) in [6, 6.07) is 21.5. The molecular formula is C26H29ClN4O2. The van der Waals surface area contributed by atoms with Crippen LogP contribution >= 0.6 is 11.6 Å². The minimum atomic E-state index is -0.0850. The second kappa shape index (κ2) is 10.8. The number of piperazine rings is 1. The molecule has 6 nitrogen and oxygen atoms in total. The number of halogens is 1. The van der Waals surface area contributed by atoms with E-state index in [0.29, 0.717) is 23.8 Å². The minimum absolute atomic E-state index is 0.0142. The molecule has 7 heteroatoms. The number of hydrogen-bond acceptors (Lipinski definition) is 4. The van der Waals surface area contributed by atoms with Crippen molar-refractivity contribution in [3.05, 3.63) is 77.3 Å². The molecule has 0 aliphatic carbocycles. The van der Waals surface area contributed by atoms with Crippen molar-refractivity contribution in [1.29, 1.82) is 0 Å². The number of nitrogens with one attached hydrogen (secondary N) is 2. The third-order valence-electron chi connectivity index (χ3n) is 6.01. The molecule has 1 saturated heterocycles. The molecule has 2 N–H and O–H groups in total. The van der Waals surface area contributed by atoms with Gasteiger partial charge in [0.15, 0.2) is 0 Å². The van der Waals surface area contributed by atoms with Crippen LogP contribution in [0.15, 0.2) is 66.7 Å². The van der Waals surface area contributed by atoms with E-state index in [2.05, 4.69) is 44.7 Å². The van der Waals surface area contributed by atoms with Crippen LogP contribution in [0.3, 0.4) is 0 Å². The molecule has 0 radical (unpaired) electrons. The zero-order valence-corrected chi connectivity index (χ0v) is 19.5. The van der Waals surface area contributed by atoms with Gasteiger partial charge in [0.1, 0.15) is 0 Å². The van der Waals surface area contributed by atoms with Crippen LogP contribution < -0.4 is 10.6 Å². The number of amides is 2. The highest BCUT2D eigenvalue weighted by atomic mass is 35.5. The Labute approximate surface area is 199 Å². The summed E-state index contributed by atoms with van der Waals surface area (Å²) in [5.41, 5.74) is 1.75. The van der Waals surface area contributed by atoms with Crippen LogP contribution in [0.2, 0.25) is 5.02 Å². The van der Waals surface area contributed by atoms with Crippen molar-refractivity contribution in [2.75, 3.05) is 44.6 Å². The molecule has 1 aliphatic rings. The Morgan fingerprint density at radius 2 is 1.45 bits per heavy atom. The molecule has 1 atom stereocenters. The maximum absolute atomic E-state index is 12.7. The molecule has 33 heavy (non-hydrogen) atoms. The van der Waals surface area contributed by atoms with Gasteiger partial charge in [-0.1, -0.05) is 66.2 Å². The van der Waals surface area contributed by atoms with E-state index in [1.165, 1.54) is 5.39 Å². The Kier molecular flexibility index (Phi) is 7.60. The van der Waals surface area contributed by atoms with Crippen molar-refractivity contribution in [3.63, 3.8) is 0 Å². The molecule has 4 rings (SSSR count). The van der Waals surface area contributed by atoms with Crippen molar-refractivity contribution in [3.8, 4) is 0 Å². The van der Waals surface area contributed by atoms with Crippen LogP contribution in [0.1, 0.15) is 18.5 Å². The van der Waals surface area contributed by atoms with Crippen molar-refractivity contribution in [2.24, 2.45) is 0 Å². The molecule has 0 aromatic heterocycles. The van der Waals surface area contributed by atoms with Gasteiger partial charge in [0, 0.05) is 26.2 Å². The molecule has 3 aromatic carbocycles. The molecule has 1 fully saturated rings. The van der Waals surface area contributed by atoms with Crippen molar-refractivity contribution < 1.29 is 9.59 Å². The average Bonchev–Trinajstić information content (AvgIpc) is 2.81. The first-order valence-electron chi connectivity index (χ1n) is 11.3. The van der Waals surface area contributed by atoms with Gasteiger partial charge in [-0.3, -0.25) is 19.4 Å². The number of hydrogen-bond donors (Lipinski definition) is 2. The monoisotopic (exact) mass is 464 g/mol. The minimum Gasteiger partial charge on any atom is -0.348 e. The van der Waals surface area contributed by atoms with E-state index in [1.807, 2.05) is 37.3 Å². The number of fused-ring (bicyclic) bond motifs is 1. The van der Waals surface area contributed by atoms with Gasteiger partial charge in [-0.25, -0.2) is 0 Å². The first kappa shape index (κ1) is 23.2. The molecule has 1 unspecified atom stereocenters. The summed E-state index contributed by atoms with van der Waals surface area (Å²) in [4.78, 5) is 29.3. The van der Waals surface area contributed by atoms with E-state index in [-0.39, 0.29) is 17.9 Å². The predicted molar refractivity (Wildman–Crippen MR) is 133 cm³/mol. The smallest absolute Gasteiger partial charge is 0.238 e. The molecule has 1 heterocycles. The van der Waals surface area contributed by atoms with Crippen LogP contribution in [-0.2, 0) is 9.59 Å². The second-order valence-corrected chi connectivity index (χ2v) is 8.85. The van der Waals surface area contributed by atoms with E-state index in [4.69, 9.17) is 11.6 Å². The van der Waals surface area contributed by atoms with Gasteiger partial charge in [0.05, 0.1) is 29.8 Å². The number of benzene rings is 3. The van der Waals surface area contributed by atoms with Gasteiger partial charge in [0.2, 0.25) is 11.8 Å². The Balaban J connectivity index is 1.23. The molecule has 0 saturated carbocycles. The summed E-state index contributed by atoms with van der Waals surface area (Å²) >= 11 is 6.11. The van der Waals surface area contributed by atoms with Gasteiger partial charge >= 0.3 is 0 Å². The molecule has 0 spiro atoms. The third kappa shape index (κ3) is 6.11. The fourth-order valence-electron chi connectivity index (χ4n) is 4.26. The van der Waals surface area contributed by atoms with Crippen LogP contribution in [-0.4, -0.2) is 60.9 Å². The standard InChI is InChI=1S/C26H29ClN4O2/c1-19(21-10-6-8-20-7-2-3-9-22(20)21)28-25(32)17-30-13-15-31(16-14-30)18-26(33)29-24-12-5-4-11-23(24)27/h2-12,19H,13-18H2,1H3,(H,28,32)(H,29,33). The summed E-state index contributed by atoms with van der Waals surface area (Å²) in [6.07, 6.45) is 0. The molecular weight excluding hydrogens is 436 g/mol. The van der Waals surface area contributed by atoms with E-state index < -0.39 is 0 Å². The zero-order chi connectivity index (χ0) is 23.2. The summed E-state index contributed by atoms with van der Waals surface area (Å²) in [5.74, 6) is -0.0708. The lowest BCUT2D eigenvalue weighted by Crippen LogP contribution is -2.51. The quantitative estimate of drug-likeness (QED) is 0.556. The van der Waals surface area contributed by atoms with Crippen LogP contribution in [0.4, 0.5) is 5.69 Å². The highest BCUT2D eigenvalue weighted by molar-refractivity contribution is 6.33. The predicted octanol–water partition coefficient (Wildman–Crippen LogP) is 3.93. The maximum atomic E-state index is 12.7. The topological polar surface area (TPSA) is 64.7 Å². The van der Waals surface area contributed by atoms with Crippen LogP contribution in [0, 0.1) is 0 Å². The molecule has 1 aliphatic heterocycles. The van der Waals surface area contributed by atoms with Crippen molar-refractivity contribution in [2.45, 2.75) is 13.0 Å². The highest BCUT2D eigenvalue weighted by Gasteiger charge is 2.22. The number of anilines is 1. The Morgan fingerprint density at radius 3 is 2.18 bits per heavy atom. The first-order chi connectivity index (χ1) is 16.0. The molecule has 172 valence electrons. The number of rotatable bonds is 7. The fourth-order valence-corrected chi connectivity index (χ4v) is 4.44. The van der Waals surface area contributed by atoms with Crippen molar-refractivity contribution in [1.82, 2.24) is 15.1 Å². The average molecular weight is 465 g/mol. The number of carbonyl (C=O) groups is 2. The summed E-state index contributed by atoms with van der Waals surface area (Å²) in [7, 11) is 0. The lowest BCUT2D eigenvalue weighted by Gasteiger charge is -2.34. The van der Waals surface area contributed by atoms with E-state index in [9.17, 15) is 9.59 Å². The normalized spacial score (nSPS) is 15.8. The van der Waals surface area contributed by atoms with Gasteiger partial charge in [-0.15, -0.1) is 0 Å². The van der Waals surface area contributed by atoms with Gasteiger partial charge in [0.25, 0.3) is 0 Å². The fraction of sp³-hybridized carbons (Fsp3) is 0.308. The largest absolute Gasteiger partial charge is 0.348 e. The zero-order valence-electron chi connectivity index (χ0n) is 18.8. The lowest BCUT2D eigenvalue weighted by molar-refractivity contribution is -0.124. The number of carbonyl (C=O) groups excluding carboxylic acids is 2. The summed E-state index contributed by atoms with van der Waals surface area (Å²) < 4.78 is 0. The molecule has 3 aromatic rings. The second-order valence-electron chi connectivity index (χ2n) is 8.44. The van der Waals surface area contributed by atoms with E-state index in [0.717, 1.165) is 37.1 Å². The van der Waals surface area contributed by atoms with E-state index >= 15 is 0 Å². The van der Waals surface area contributed by atoms with Crippen LogP contribution in [0.25, 0.3) is 10.8 Å². The molecule has 0 bridgehead atoms. The Morgan fingerprint density at radius 1 is 0.848 bits per heavy atom. The Hall–Kier alpha value is -2.93. The summed E-state index contributed by atoms with van der Waals surface area (Å²) in [6.45, 7) is 5.66. The maximum Gasteiger partial charge on any atom is 0.238 e. The first-order valence-corrected chi connectivity index (χ1v) is 11.6. The SMILES string of the molecule is CC(NC(=O)CN1CCN(CC(=O)Nc2ccccc2Cl)CC1)c1cccc2ccccc12. The highest BCUT2D eigenvalue weighted by Crippen LogP contribution is 2.24. The summed E-state index contributed by atoms with van der Waals surface area (Å²) in [5, 5.41) is 8.86. The van der Waals surface area contributed by atoms with Gasteiger partial charge in [-0.2, -0.15) is 0 Å². The third-order valence-corrected chi connectivity index (χ3v) is 6.34. The van der Waals surface area contributed by atoms with E-state index in [1.54, 1.807) is 12.1 Å². The Bertz CT molecular complexity index is 1120. The molecule has 2 amide bonds. The number of nitrogens with zero attached hydrogens (tertiary/aromatic N) is 2.